The van der Waals surface area contributed by atoms with Crippen molar-refractivity contribution in [3.05, 3.63) is 35.9 Å². The zero-order valence-electron chi connectivity index (χ0n) is 7.85. The number of carbonyl (C=O) groups excluding carboxylic acids is 1. The summed E-state index contributed by atoms with van der Waals surface area (Å²) in [5.41, 5.74) is 11.5. The van der Waals surface area contributed by atoms with Gasteiger partial charge in [0.05, 0.1) is 0 Å². The van der Waals surface area contributed by atoms with E-state index in [9.17, 15) is 4.79 Å². The standard InChI is InChI=1S/C10H14N2O2/c11-6-9(12)10(13)14-7-8-4-2-1-3-5-8/h1-5,9H,6-7,11-12H2. The lowest BCUT2D eigenvalue weighted by Crippen LogP contribution is -2.38. The molecule has 14 heavy (non-hydrogen) atoms. The first kappa shape index (κ1) is 10.7. The van der Waals surface area contributed by atoms with Gasteiger partial charge in [0.25, 0.3) is 0 Å². The van der Waals surface area contributed by atoms with Crippen molar-refractivity contribution in [2.45, 2.75) is 12.6 Å². The molecule has 1 rings (SSSR count). The summed E-state index contributed by atoms with van der Waals surface area (Å²) in [6.07, 6.45) is 0. The maximum Gasteiger partial charge on any atom is 0.324 e. The summed E-state index contributed by atoms with van der Waals surface area (Å²) in [4.78, 5) is 11.1. The van der Waals surface area contributed by atoms with Crippen LogP contribution >= 0.6 is 0 Å². The van der Waals surface area contributed by atoms with E-state index < -0.39 is 12.0 Å². The van der Waals surface area contributed by atoms with Crippen molar-refractivity contribution in [3.63, 3.8) is 0 Å². The molecule has 0 amide bonds. The Kier molecular flexibility index (Phi) is 4.10. The second-order valence-corrected chi connectivity index (χ2v) is 2.94. The van der Waals surface area contributed by atoms with E-state index in [0.717, 1.165) is 5.56 Å². The van der Waals surface area contributed by atoms with Gasteiger partial charge in [0, 0.05) is 6.54 Å². The summed E-state index contributed by atoms with van der Waals surface area (Å²) < 4.78 is 4.94. The minimum atomic E-state index is -0.723. The number of esters is 1. The molecule has 0 spiro atoms. The quantitative estimate of drug-likeness (QED) is 0.662. The summed E-state index contributed by atoms with van der Waals surface area (Å²) in [5, 5.41) is 0. The molecule has 0 saturated heterocycles. The molecule has 4 N–H and O–H groups in total. The van der Waals surface area contributed by atoms with E-state index in [1.807, 2.05) is 30.3 Å². The zero-order valence-corrected chi connectivity index (χ0v) is 7.85. The number of nitrogens with two attached hydrogens (primary N) is 2. The van der Waals surface area contributed by atoms with E-state index in [1.165, 1.54) is 0 Å². The molecule has 4 heteroatoms. The molecule has 76 valence electrons. The van der Waals surface area contributed by atoms with Crippen molar-refractivity contribution in [1.29, 1.82) is 0 Å². The van der Waals surface area contributed by atoms with Crippen LogP contribution in [0.2, 0.25) is 0 Å². The predicted octanol–water partition coefficient (Wildman–Crippen LogP) is 0.0158. The Morgan fingerprint density at radius 3 is 2.57 bits per heavy atom. The molecule has 0 aromatic heterocycles. The Labute approximate surface area is 82.8 Å². The number of hydrogen-bond acceptors (Lipinski definition) is 4. The lowest BCUT2D eigenvalue weighted by molar-refractivity contribution is -0.146. The minimum absolute atomic E-state index is 0.105. The van der Waals surface area contributed by atoms with Crippen molar-refractivity contribution < 1.29 is 9.53 Å². The van der Waals surface area contributed by atoms with Crippen molar-refractivity contribution >= 4 is 5.97 Å². The van der Waals surface area contributed by atoms with Gasteiger partial charge in [-0.15, -0.1) is 0 Å². The van der Waals surface area contributed by atoms with Gasteiger partial charge in [-0.25, -0.2) is 0 Å². The SMILES string of the molecule is NCC(N)C(=O)OCc1ccccc1. The van der Waals surface area contributed by atoms with E-state index in [1.54, 1.807) is 0 Å². The molecule has 4 nitrogen and oxygen atoms in total. The Morgan fingerprint density at radius 1 is 1.36 bits per heavy atom. The molecule has 1 atom stereocenters. The van der Waals surface area contributed by atoms with E-state index in [4.69, 9.17) is 16.2 Å². The lowest BCUT2D eigenvalue weighted by atomic mass is 10.2. The number of benzene rings is 1. The first-order valence-corrected chi connectivity index (χ1v) is 4.40. The molecule has 0 bridgehead atoms. The number of ether oxygens (including phenoxy) is 1. The first-order valence-electron chi connectivity index (χ1n) is 4.40. The van der Waals surface area contributed by atoms with Crippen molar-refractivity contribution in [2.75, 3.05) is 6.54 Å². The molecule has 0 fully saturated rings. The summed E-state index contributed by atoms with van der Waals surface area (Å²) >= 11 is 0. The fourth-order valence-electron chi connectivity index (χ4n) is 0.932. The van der Waals surface area contributed by atoms with Crippen LogP contribution in [0, 0.1) is 0 Å². The van der Waals surface area contributed by atoms with Crippen LogP contribution in [0.1, 0.15) is 5.56 Å². The van der Waals surface area contributed by atoms with Crippen LogP contribution in [-0.2, 0) is 16.1 Å². The van der Waals surface area contributed by atoms with Gasteiger partial charge in [-0.05, 0) is 5.56 Å². The topological polar surface area (TPSA) is 78.3 Å². The van der Waals surface area contributed by atoms with Gasteiger partial charge in [-0.2, -0.15) is 0 Å². The van der Waals surface area contributed by atoms with Gasteiger partial charge < -0.3 is 16.2 Å². The highest BCUT2D eigenvalue weighted by Crippen LogP contribution is 2.00. The maximum absolute atomic E-state index is 11.1. The second kappa shape index (κ2) is 5.36. The van der Waals surface area contributed by atoms with Crippen molar-refractivity contribution in [2.24, 2.45) is 11.5 Å². The fraction of sp³-hybridized carbons (Fsp3) is 0.300. The average molecular weight is 194 g/mol. The molecule has 1 unspecified atom stereocenters. The Bertz CT molecular complexity index is 287. The van der Waals surface area contributed by atoms with Crippen LogP contribution < -0.4 is 11.5 Å². The third kappa shape index (κ3) is 3.16. The van der Waals surface area contributed by atoms with Crippen LogP contribution in [0.5, 0.6) is 0 Å². The molecule has 0 heterocycles. The van der Waals surface area contributed by atoms with E-state index in [2.05, 4.69) is 0 Å². The van der Waals surface area contributed by atoms with E-state index in [0.29, 0.717) is 0 Å². The fourth-order valence-corrected chi connectivity index (χ4v) is 0.932. The molecule has 0 aliphatic heterocycles. The highest BCUT2D eigenvalue weighted by Gasteiger charge is 2.12. The van der Waals surface area contributed by atoms with Crippen LogP contribution in [0.25, 0.3) is 0 Å². The van der Waals surface area contributed by atoms with E-state index >= 15 is 0 Å². The molecular weight excluding hydrogens is 180 g/mol. The predicted molar refractivity (Wildman–Crippen MR) is 53.3 cm³/mol. The molecule has 0 saturated carbocycles. The smallest absolute Gasteiger partial charge is 0.324 e. The zero-order chi connectivity index (χ0) is 10.4. The summed E-state index contributed by atoms with van der Waals surface area (Å²) in [6, 6.07) is 8.69. The van der Waals surface area contributed by atoms with Crippen LogP contribution in [0.4, 0.5) is 0 Å². The van der Waals surface area contributed by atoms with Gasteiger partial charge in [-0.3, -0.25) is 4.79 Å². The molecule has 0 radical (unpaired) electrons. The Balaban J connectivity index is 2.38. The largest absolute Gasteiger partial charge is 0.460 e. The third-order valence-corrected chi connectivity index (χ3v) is 1.78. The molecule has 1 aromatic rings. The molecule has 0 aliphatic carbocycles. The number of hydrogen-bond donors (Lipinski definition) is 2. The summed E-state index contributed by atoms with van der Waals surface area (Å²) in [7, 11) is 0. The minimum Gasteiger partial charge on any atom is -0.460 e. The van der Waals surface area contributed by atoms with Gasteiger partial charge >= 0.3 is 5.97 Å². The summed E-state index contributed by atoms with van der Waals surface area (Å²) in [5.74, 6) is -0.462. The third-order valence-electron chi connectivity index (χ3n) is 1.78. The molecule has 0 aliphatic rings. The Morgan fingerprint density at radius 2 is 2.00 bits per heavy atom. The van der Waals surface area contributed by atoms with Gasteiger partial charge in [0.1, 0.15) is 12.6 Å². The lowest BCUT2D eigenvalue weighted by Gasteiger charge is -2.08. The highest BCUT2D eigenvalue weighted by atomic mass is 16.5. The normalized spacial score (nSPS) is 12.1. The number of rotatable bonds is 4. The average Bonchev–Trinajstić information content (AvgIpc) is 2.26. The second-order valence-electron chi connectivity index (χ2n) is 2.94. The van der Waals surface area contributed by atoms with Crippen molar-refractivity contribution in [1.82, 2.24) is 0 Å². The van der Waals surface area contributed by atoms with Gasteiger partial charge in [0.15, 0.2) is 0 Å². The first-order chi connectivity index (χ1) is 6.74. The monoisotopic (exact) mass is 194 g/mol. The van der Waals surface area contributed by atoms with Crippen LogP contribution in [-0.4, -0.2) is 18.6 Å². The summed E-state index contributed by atoms with van der Waals surface area (Å²) in [6.45, 7) is 0.348. The van der Waals surface area contributed by atoms with Crippen LogP contribution in [0.15, 0.2) is 30.3 Å². The van der Waals surface area contributed by atoms with Crippen LogP contribution in [0.3, 0.4) is 0 Å². The van der Waals surface area contributed by atoms with Gasteiger partial charge in [-0.1, -0.05) is 30.3 Å². The molecule has 1 aromatic carbocycles. The van der Waals surface area contributed by atoms with Gasteiger partial charge in [0.2, 0.25) is 0 Å². The Hall–Kier alpha value is -1.39. The maximum atomic E-state index is 11.1. The highest BCUT2D eigenvalue weighted by molar-refractivity contribution is 5.75. The van der Waals surface area contributed by atoms with E-state index in [-0.39, 0.29) is 13.2 Å². The molecular formula is C10H14N2O2. The van der Waals surface area contributed by atoms with Crippen molar-refractivity contribution in [3.8, 4) is 0 Å². The number of carbonyl (C=O) groups is 1.